The third-order valence-electron chi connectivity index (χ3n) is 5.51. The number of alkyl halides is 6. The Morgan fingerprint density at radius 1 is 1.00 bits per heavy atom. The Morgan fingerprint density at radius 3 is 2.26 bits per heavy atom. The number of ether oxygens (including phenoxy) is 1. The molecule has 0 radical (unpaired) electrons. The molecule has 1 unspecified atom stereocenters. The van der Waals surface area contributed by atoms with Crippen molar-refractivity contribution in [3.8, 4) is 0 Å². The van der Waals surface area contributed by atoms with Crippen LogP contribution in [0.4, 0.5) is 31.1 Å². The summed E-state index contributed by atoms with van der Waals surface area (Å²) in [6, 6.07) is 5.26. The third kappa shape index (κ3) is 10.7. The van der Waals surface area contributed by atoms with Gasteiger partial charge in [-0.25, -0.2) is 4.79 Å². The molecule has 0 heterocycles. The van der Waals surface area contributed by atoms with Gasteiger partial charge in [0.1, 0.15) is 0 Å². The number of amides is 1. The highest BCUT2D eigenvalue weighted by Crippen LogP contribution is 2.41. The molecule has 4 nitrogen and oxygen atoms in total. The third-order valence-corrected chi connectivity index (χ3v) is 6.70. The number of carbonyl (C=O) groups excluding carboxylic acids is 1. The van der Waals surface area contributed by atoms with E-state index in [1.165, 1.54) is 12.1 Å². The number of carbonyl (C=O) groups is 1. The van der Waals surface area contributed by atoms with E-state index in [-0.39, 0.29) is 58.0 Å². The van der Waals surface area contributed by atoms with E-state index in [1.807, 2.05) is 6.92 Å². The van der Waals surface area contributed by atoms with E-state index >= 15 is 0 Å². The zero-order valence-corrected chi connectivity index (χ0v) is 23.1. The zero-order chi connectivity index (χ0) is 29.2. The molecule has 2 rings (SSSR count). The first-order valence-electron chi connectivity index (χ1n) is 11.9. The number of nitrogens with one attached hydrogen (secondary N) is 2. The molecule has 0 spiro atoms. The van der Waals surface area contributed by atoms with Crippen LogP contribution < -0.4 is 10.6 Å². The summed E-state index contributed by atoms with van der Waals surface area (Å²) in [5.74, 6) is -2.19. The maximum absolute atomic E-state index is 13.8. The Kier molecular flexibility index (Phi) is 12.7. The number of hydrogen-bond donors (Lipinski definition) is 2. The smallest absolute Gasteiger partial charge is 0.416 e. The molecular weight excluding hydrogens is 593 g/mol. The summed E-state index contributed by atoms with van der Waals surface area (Å²) in [5.41, 5.74) is -1.50. The van der Waals surface area contributed by atoms with Crippen LogP contribution >= 0.6 is 34.8 Å². The molecule has 0 aromatic heterocycles. The maximum Gasteiger partial charge on any atom is 0.416 e. The van der Waals surface area contributed by atoms with Gasteiger partial charge in [0.25, 0.3) is 0 Å². The van der Waals surface area contributed by atoms with Crippen molar-refractivity contribution in [1.82, 2.24) is 10.6 Å². The van der Waals surface area contributed by atoms with Crippen molar-refractivity contribution in [1.29, 1.82) is 0 Å². The van der Waals surface area contributed by atoms with Gasteiger partial charge in [0, 0.05) is 19.6 Å². The first kappa shape index (κ1) is 33.1. The van der Waals surface area contributed by atoms with E-state index in [0.29, 0.717) is 0 Å². The Morgan fingerprint density at radius 2 is 1.67 bits per heavy atom. The van der Waals surface area contributed by atoms with E-state index in [1.54, 1.807) is 0 Å². The molecule has 0 aliphatic heterocycles. The molecule has 1 atom stereocenters. The van der Waals surface area contributed by atoms with Crippen LogP contribution in [0.5, 0.6) is 0 Å². The van der Waals surface area contributed by atoms with Gasteiger partial charge in [-0.3, -0.25) is 0 Å². The minimum atomic E-state index is -4.77. The van der Waals surface area contributed by atoms with Gasteiger partial charge < -0.3 is 15.4 Å². The highest BCUT2D eigenvalue weighted by molar-refractivity contribution is 6.48. The lowest BCUT2D eigenvalue weighted by molar-refractivity contribution is -0.140. The maximum atomic E-state index is 13.8. The van der Waals surface area contributed by atoms with Crippen molar-refractivity contribution >= 4 is 47.0 Å². The van der Waals surface area contributed by atoms with Gasteiger partial charge in [-0.15, -0.1) is 0 Å². The summed E-state index contributed by atoms with van der Waals surface area (Å²) >= 11 is 17.5. The topological polar surface area (TPSA) is 50.4 Å². The molecule has 2 aromatic carbocycles. The zero-order valence-electron chi connectivity index (χ0n) is 20.8. The Hall–Kier alpha value is -2.14. The second kappa shape index (κ2) is 15.0. The highest BCUT2D eigenvalue weighted by Gasteiger charge is 2.39. The molecule has 0 saturated carbocycles. The van der Waals surface area contributed by atoms with Crippen molar-refractivity contribution in [2.75, 3.05) is 19.7 Å². The summed E-state index contributed by atoms with van der Waals surface area (Å²) < 4.78 is 87.4. The predicted molar refractivity (Wildman–Crippen MR) is 141 cm³/mol. The van der Waals surface area contributed by atoms with Crippen molar-refractivity contribution < 1.29 is 35.9 Å². The summed E-state index contributed by atoms with van der Waals surface area (Å²) in [6.45, 7) is 2.42. The molecule has 0 bridgehead atoms. The van der Waals surface area contributed by atoms with Crippen LogP contribution in [-0.2, 0) is 17.5 Å². The second-order valence-electron chi connectivity index (χ2n) is 8.54. The van der Waals surface area contributed by atoms with Gasteiger partial charge >= 0.3 is 18.4 Å². The lowest BCUT2D eigenvalue weighted by atomic mass is 9.96. The largest absolute Gasteiger partial charge is 0.450 e. The number of rotatable bonds is 12. The quantitative estimate of drug-likeness (QED) is 0.142. The van der Waals surface area contributed by atoms with Crippen LogP contribution in [0, 0.1) is 0 Å². The van der Waals surface area contributed by atoms with Gasteiger partial charge in [-0.2, -0.15) is 26.3 Å². The van der Waals surface area contributed by atoms with Gasteiger partial charge in [0.2, 0.25) is 0 Å². The molecule has 0 saturated heterocycles. The lowest BCUT2D eigenvalue weighted by Crippen LogP contribution is -2.32. The molecule has 216 valence electrons. The van der Waals surface area contributed by atoms with Crippen LogP contribution in [0.15, 0.2) is 36.4 Å². The van der Waals surface area contributed by atoms with Crippen LogP contribution in [0.3, 0.4) is 0 Å². The molecule has 0 fully saturated rings. The normalized spacial score (nSPS) is 13.1. The van der Waals surface area contributed by atoms with Crippen LogP contribution in [0.2, 0.25) is 15.1 Å². The molecule has 39 heavy (non-hydrogen) atoms. The van der Waals surface area contributed by atoms with Gasteiger partial charge in [0.15, 0.2) is 0 Å². The first-order valence-corrected chi connectivity index (χ1v) is 13.1. The van der Waals surface area contributed by atoms with Crippen LogP contribution in [0.25, 0.3) is 6.08 Å². The number of benzene rings is 2. The average Bonchev–Trinajstić information content (AvgIpc) is 2.84. The fourth-order valence-corrected chi connectivity index (χ4v) is 4.14. The summed E-state index contributed by atoms with van der Waals surface area (Å²) in [4.78, 5) is 11.6. The van der Waals surface area contributed by atoms with E-state index < -0.39 is 29.9 Å². The standard InChI is InChI=1S/C26H27Cl3F6N2O2/c1-2-3-4-11-39-24(38)37-10-9-36-15-17-7-5-16(12-20(17)26(33,34)35)6-8-19(25(30,31)32)18-13-21(27)23(29)22(28)14-18/h5-8,12-14,19,36H,2-4,9-11,15H2,1H3,(H,37,38). The summed E-state index contributed by atoms with van der Waals surface area (Å²) in [5, 5.41) is 4.82. The first-order chi connectivity index (χ1) is 18.2. The molecule has 13 heteroatoms. The van der Waals surface area contributed by atoms with Crippen molar-refractivity contribution in [2.45, 2.75) is 51.0 Å². The minimum absolute atomic E-state index is 0.0843. The molecule has 2 aromatic rings. The monoisotopic (exact) mass is 618 g/mol. The van der Waals surface area contributed by atoms with Gasteiger partial charge in [-0.1, -0.05) is 78.9 Å². The molecule has 2 N–H and O–H groups in total. The average molecular weight is 620 g/mol. The minimum Gasteiger partial charge on any atom is -0.450 e. The molecule has 0 aliphatic rings. The predicted octanol–water partition coefficient (Wildman–Crippen LogP) is 9.03. The fourth-order valence-electron chi connectivity index (χ4n) is 3.53. The van der Waals surface area contributed by atoms with Crippen LogP contribution in [0.1, 0.15) is 54.4 Å². The van der Waals surface area contributed by atoms with Gasteiger partial charge in [-0.05, 0) is 41.3 Å². The molecular formula is C26H27Cl3F6N2O2. The summed E-state index contributed by atoms with van der Waals surface area (Å²) in [7, 11) is 0. The Labute approximate surface area is 237 Å². The fraction of sp³-hybridized carbons (Fsp3) is 0.423. The molecule has 1 amide bonds. The molecule has 0 aliphatic carbocycles. The number of unbranched alkanes of at least 4 members (excludes halogenated alkanes) is 2. The van der Waals surface area contributed by atoms with Crippen molar-refractivity contribution in [3.05, 3.63) is 73.7 Å². The number of hydrogen-bond acceptors (Lipinski definition) is 3. The number of alkyl carbamates (subject to hydrolysis) is 1. The van der Waals surface area contributed by atoms with Crippen molar-refractivity contribution in [2.24, 2.45) is 0 Å². The second-order valence-corrected chi connectivity index (χ2v) is 9.73. The number of halogens is 9. The SMILES string of the molecule is CCCCCOC(=O)NCCNCc1ccc(C=CC(c2cc(Cl)c(Cl)c(Cl)c2)C(F)(F)F)cc1C(F)(F)F. The van der Waals surface area contributed by atoms with E-state index in [4.69, 9.17) is 39.5 Å². The van der Waals surface area contributed by atoms with E-state index in [0.717, 1.165) is 49.6 Å². The number of allylic oxidation sites excluding steroid dienone is 1. The van der Waals surface area contributed by atoms with Gasteiger partial charge in [0.05, 0.1) is 33.2 Å². The van der Waals surface area contributed by atoms with Crippen LogP contribution in [-0.4, -0.2) is 32.0 Å². The summed E-state index contributed by atoms with van der Waals surface area (Å²) in [6.07, 6.45) is -5.79. The van der Waals surface area contributed by atoms with Crippen molar-refractivity contribution in [3.63, 3.8) is 0 Å². The Bertz CT molecular complexity index is 1120. The lowest BCUT2D eigenvalue weighted by Gasteiger charge is -2.19. The van der Waals surface area contributed by atoms with E-state index in [2.05, 4.69) is 10.6 Å². The Balaban J connectivity index is 2.10. The highest BCUT2D eigenvalue weighted by atomic mass is 35.5. The van der Waals surface area contributed by atoms with E-state index in [9.17, 15) is 31.1 Å².